The molecule has 0 amide bonds. The number of aliphatic hydroxyl groups is 1. The first kappa shape index (κ1) is 12.5. The van der Waals surface area contributed by atoms with Crippen molar-refractivity contribution in [3.05, 3.63) is 23.8 Å². The Bertz CT molecular complexity index is 273. The van der Waals surface area contributed by atoms with Crippen LogP contribution < -0.4 is 0 Å². The number of allylic oxidation sites excluding steroid dienone is 3. The van der Waals surface area contributed by atoms with Crippen molar-refractivity contribution < 1.29 is 5.11 Å². The van der Waals surface area contributed by atoms with E-state index in [9.17, 15) is 5.11 Å². The Morgan fingerprint density at radius 3 is 2.60 bits per heavy atom. The highest BCUT2D eigenvalue weighted by molar-refractivity contribution is 5.19. The van der Waals surface area contributed by atoms with Crippen molar-refractivity contribution in [1.29, 1.82) is 0 Å². The molecule has 0 aromatic heterocycles. The molecule has 0 radical (unpaired) electrons. The average Bonchev–Trinajstić information content (AvgIpc) is 2.38. The third kappa shape index (κ3) is 2.52. The minimum atomic E-state index is 0.239. The molecule has 0 aromatic carbocycles. The maximum Gasteiger partial charge on any atom is 0.0465 e. The largest absolute Gasteiger partial charge is 0.396 e. The van der Waals surface area contributed by atoms with Gasteiger partial charge in [0, 0.05) is 6.61 Å². The highest BCUT2D eigenvalue weighted by Gasteiger charge is 2.39. The van der Waals surface area contributed by atoms with Crippen molar-refractivity contribution in [3.8, 4) is 0 Å². The highest BCUT2D eigenvalue weighted by atomic mass is 16.3. The Morgan fingerprint density at radius 1 is 1.67 bits per heavy atom. The number of aliphatic hydroxyl groups excluding tert-OH is 1. The van der Waals surface area contributed by atoms with Crippen LogP contribution in [0, 0.1) is 17.3 Å². The fourth-order valence-corrected chi connectivity index (χ4v) is 2.72. The highest BCUT2D eigenvalue weighted by Crippen LogP contribution is 2.47. The van der Waals surface area contributed by atoms with Gasteiger partial charge in [0.05, 0.1) is 0 Å². The number of hydrogen-bond acceptors (Lipinski definition) is 1. The van der Waals surface area contributed by atoms with Crippen LogP contribution in [-0.2, 0) is 0 Å². The van der Waals surface area contributed by atoms with Crippen LogP contribution >= 0.6 is 0 Å². The summed E-state index contributed by atoms with van der Waals surface area (Å²) in [5.41, 5.74) is 2.88. The lowest BCUT2D eigenvalue weighted by molar-refractivity contribution is 0.120. The summed E-state index contributed by atoms with van der Waals surface area (Å²) >= 11 is 0. The Hall–Kier alpha value is -0.560. The van der Waals surface area contributed by atoms with E-state index in [1.54, 1.807) is 0 Å². The maximum atomic E-state index is 9.49. The van der Waals surface area contributed by atoms with E-state index in [4.69, 9.17) is 0 Å². The van der Waals surface area contributed by atoms with Gasteiger partial charge in [-0.3, -0.25) is 0 Å². The molecule has 0 spiro atoms. The lowest BCUT2D eigenvalue weighted by Crippen LogP contribution is -2.30. The van der Waals surface area contributed by atoms with Crippen molar-refractivity contribution in [3.63, 3.8) is 0 Å². The molecule has 0 heterocycles. The first-order valence-electron chi connectivity index (χ1n) is 5.82. The Kier molecular flexibility index (Phi) is 3.77. The van der Waals surface area contributed by atoms with Crippen molar-refractivity contribution in [2.45, 2.75) is 40.5 Å². The van der Waals surface area contributed by atoms with Crippen LogP contribution in [0.15, 0.2) is 23.8 Å². The molecule has 86 valence electrons. The van der Waals surface area contributed by atoms with Crippen molar-refractivity contribution in [2.75, 3.05) is 6.61 Å². The van der Waals surface area contributed by atoms with Gasteiger partial charge in [-0.2, -0.15) is 0 Å². The quantitative estimate of drug-likeness (QED) is 0.700. The van der Waals surface area contributed by atoms with Crippen molar-refractivity contribution in [2.24, 2.45) is 17.3 Å². The Labute approximate surface area is 93.9 Å². The smallest absolute Gasteiger partial charge is 0.0465 e. The summed E-state index contributed by atoms with van der Waals surface area (Å²) in [6.45, 7) is 13.1. The summed E-state index contributed by atoms with van der Waals surface area (Å²) in [6.07, 6.45) is 4.38. The third-order valence-corrected chi connectivity index (χ3v) is 4.04. The Morgan fingerprint density at radius 2 is 2.27 bits per heavy atom. The molecule has 2 atom stereocenters. The molecule has 15 heavy (non-hydrogen) atoms. The van der Waals surface area contributed by atoms with Gasteiger partial charge >= 0.3 is 0 Å². The minimum Gasteiger partial charge on any atom is -0.396 e. The lowest BCUT2D eigenvalue weighted by atomic mass is 9.70. The molecule has 0 fully saturated rings. The zero-order valence-corrected chi connectivity index (χ0v) is 10.5. The monoisotopic (exact) mass is 208 g/mol. The molecule has 0 aromatic rings. The second-order valence-corrected chi connectivity index (χ2v) is 5.55. The molecule has 0 saturated carbocycles. The number of hydrogen-bond donors (Lipinski definition) is 1. The first-order chi connectivity index (χ1) is 6.89. The van der Waals surface area contributed by atoms with E-state index in [1.807, 2.05) is 6.92 Å². The average molecular weight is 208 g/mol. The van der Waals surface area contributed by atoms with E-state index in [-0.39, 0.29) is 12.0 Å². The van der Waals surface area contributed by atoms with Gasteiger partial charge in [0.1, 0.15) is 0 Å². The van der Waals surface area contributed by atoms with Crippen molar-refractivity contribution in [1.82, 2.24) is 0 Å². The van der Waals surface area contributed by atoms with Crippen molar-refractivity contribution >= 4 is 0 Å². The topological polar surface area (TPSA) is 20.2 Å². The van der Waals surface area contributed by atoms with Crippen LogP contribution in [0.4, 0.5) is 0 Å². The summed E-state index contributed by atoms with van der Waals surface area (Å²) in [5.74, 6) is 0.936. The normalized spacial score (nSPS) is 26.2. The second kappa shape index (κ2) is 4.52. The van der Waals surface area contributed by atoms with Crippen LogP contribution in [0.25, 0.3) is 0 Å². The fraction of sp³-hybridized carbons (Fsp3) is 0.714. The molecule has 0 aliphatic heterocycles. The van der Waals surface area contributed by atoms with E-state index < -0.39 is 0 Å². The molecule has 1 rings (SSSR count). The van der Waals surface area contributed by atoms with E-state index in [0.29, 0.717) is 11.8 Å². The minimum absolute atomic E-state index is 0.239. The molecule has 1 N–H and O–H groups in total. The molecule has 1 nitrogen and oxygen atoms in total. The van der Waals surface area contributed by atoms with Gasteiger partial charge in [0.2, 0.25) is 0 Å². The molecule has 1 heteroatoms. The fourth-order valence-electron chi connectivity index (χ4n) is 2.72. The van der Waals surface area contributed by atoms with E-state index in [0.717, 1.165) is 12.8 Å². The SMILES string of the molecule is C=C(C)CC(CO)C1CC=C(C)C1(C)C. The molecule has 2 unspecified atom stereocenters. The predicted octanol–water partition coefficient (Wildman–Crippen LogP) is 3.55. The molecule has 1 aliphatic rings. The maximum absolute atomic E-state index is 9.49. The summed E-state index contributed by atoms with van der Waals surface area (Å²) < 4.78 is 0. The van der Waals surface area contributed by atoms with Gasteiger partial charge in [0.15, 0.2) is 0 Å². The van der Waals surface area contributed by atoms with E-state index >= 15 is 0 Å². The van der Waals surface area contributed by atoms with Gasteiger partial charge in [-0.05, 0) is 43.9 Å². The summed E-state index contributed by atoms with van der Waals surface area (Å²) in [6, 6.07) is 0. The summed E-state index contributed by atoms with van der Waals surface area (Å²) in [7, 11) is 0. The number of rotatable bonds is 4. The van der Waals surface area contributed by atoms with Gasteiger partial charge in [-0.25, -0.2) is 0 Å². The van der Waals surface area contributed by atoms with Crippen LogP contribution in [-0.4, -0.2) is 11.7 Å². The lowest BCUT2D eigenvalue weighted by Gasteiger charge is -2.35. The zero-order valence-electron chi connectivity index (χ0n) is 10.5. The van der Waals surface area contributed by atoms with Gasteiger partial charge in [-0.15, -0.1) is 6.58 Å². The third-order valence-electron chi connectivity index (χ3n) is 4.04. The molecular weight excluding hydrogens is 184 g/mol. The van der Waals surface area contributed by atoms with Crippen LogP contribution in [0.1, 0.15) is 40.5 Å². The Balaban J connectivity index is 2.76. The zero-order chi connectivity index (χ0) is 11.6. The standard InChI is InChI=1S/C14H24O/c1-10(2)8-12(9-15)13-7-6-11(3)14(13,4)5/h6,12-13,15H,1,7-9H2,2-5H3. The molecule has 1 aliphatic carbocycles. The molecule has 0 bridgehead atoms. The van der Waals surface area contributed by atoms with Crippen LogP contribution in [0.5, 0.6) is 0 Å². The van der Waals surface area contributed by atoms with E-state index in [1.165, 1.54) is 11.1 Å². The van der Waals surface area contributed by atoms with E-state index in [2.05, 4.69) is 33.4 Å². The van der Waals surface area contributed by atoms with Crippen LogP contribution in [0.3, 0.4) is 0 Å². The summed E-state index contributed by atoms with van der Waals surface area (Å²) in [5, 5.41) is 9.49. The molecule has 0 saturated heterocycles. The van der Waals surface area contributed by atoms with Crippen LogP contribution in [0.2, 0.25) is 0 Å². The second-order valence-electron chi connectivity index (χ2n) is 5.55. The van der Waals surface area contributed by atoms with Gasteiger partial charge in [0.25, 0.3) is 0 Å². The summed E-state index contributed by atoms with van der Waals surface area (Å²) in [4.78, 5) is 0. The first-order valence-corrected chi connectivity index (χ1v) is 5.82. The predicted molar refractivity (Wildman–Crippen MR) is 65.7 cm³/mol. The molecular formula is C14H24O. The van der Waals surface area contributed by atoms with Gasteiger partial charge in [-0.1, -0.05) is 31.1 Å². The van der Waals surface area contributed by atoms with Gasteiger partial charge < -0.3 is 5.11 Å².